The minimum Gasteiger partial charge on any atom is -0.431 e. The molecular formula is C18H27NO3. The van der Waals surface area contributed by atoms with E-state index >= 15 is 0 Å². The highest BCUT2D eigenvalue weighted by Gasteiger charge is 2.67. The van der Waals surface area contributed by atoms with Crippen LogP contribution >= 0.6 is 0 Å². The Balaban J connectivity index is 1.90. The van der Waals surface area contributed by atoms with E-state index in [1.807, 2.05) is 0 Å². The molecule has 4 atom stereocenters. The first-order valence-electron chi connectivity index (χ1n) is 8.86. The Kier molecular flexibility index (Phi) is 3.22. The molecule has 4 nitrogen and oxygen atoms in total. The van der Waals surface area contributed by atoms with Crippen LogP contribution in [0.15, 0.2) is 11.3 Å². The van der Waals surface area contributed by atoms with Crippen molar-refractivity contribution in [3.8, 4) is 0 Å². The van der Waals surface area contributed by atoms with Crippen molar-refractivity contribution in [1.82, 2.24) is 4.90 Å². The molecule has 2 aliphatic carbocycles. The summed E-state index contributed by atoms with van der Waals surface area (Å²) in [5.41, 5.74) is 0.380. The summed E-state index contributed by atoms with van der Waals surface area (Å²) in [5.74, 6) is 1.53. The van der Waals surface area contributed by atoms with Gasteiger partial charge in [-0.15, -0.1) is 0 Å². The van der Waals surface area contributed by atoms with Crippen molar-refractivity contribution in [2.75, 3.05) is 13.1 Å². The Labute approximate surface area is 132 Å². The van der Waals surface area contributed by atoms with Gasteiger partial charge < -0.3 is 9.84 Å². The molecule has 1 saturated carbocycles. The number of ether oxygens (including phenoxy) is 1. The topological polar surface area (TPSA) is 49.8 Å². The van der Waals surface area contributed by atoms with E-state index in [-0.39, 0.29) is 17.4 Å². The van der Waals surface area contributed by atoms with E-state index in [1.165, 1.54) is 12.5 Å². The molecule has 1 N–H and O–H groups in total. The smallest absolute Gasteiger partial charge is 0.307 e. The maximum Gasteiger partial charge on any atom is 0.307 e. The van der Waals surface area contributed by atoms with Gasteiger partial charge in [-0.1, -0.05) is 6.92 Å². The molecule has 0 unspecified atom stereocenters. The summed E-state index contributed by atoms with van der Waals surface area (Å²) in [6.07, 6.45) is 6.87. The lowest BCUT2D eigenvalue weighted by Gasteiger charge is -2.67. The van der Waals surface area contributed by atoms with Crippen LogP contribution in [0.1, 0.15) is 58.8 Å². The molecule has 122 valence electrons. The van der Waals surface area contributed by atoms with Gasteiger partial charge in [0, 0.05) is 13.3 Å². The molecule has 0 radical (unpaired) electrons. The highest BCUT2D eigenvalue weighted by Crippen LogP contribution is 2.62. The predicted molar refractivity (Wildman–Crippen MR) is 83.0 cm³/mol. The molecule has 1 spiro atoms. The molecule has 0 aromatic rings. The molecule has 0 aromatic heterocycles. The fraction of sp³-hybridized carbons (Fsp3) is 0.833. The molecule has 2 bridgehead atoms. The first-order chi connectivity index (χ1) is 10.5. The molecule has 0 amide bonds. The van der Waals surface area contributed by atoms with Crippen molar-refractivity contribution in [3.63, 3.8) is 0 Å². The lowest BCUT2D eigenvalue weighted by molar-refractivity contribution is -0.207. The summed E-state index contributed by atoms with van der Waals surface area (Å²) in [6, 6.07) is 0. The van der Waals surface area contributed by atoms with Crippen molar-refractivity contribution < 1.29 is 14.6 Å². The lowest BCUT2D eigenvalue weighted by Crippen LogP contribution is -2.76. The molecule has 2 aliphatic heterocycles. The van der Waals surface area contributed by atoms with Crippen molar-refractivity contribution in [1.29, 1.82) is 0 Å². The zero-order valence-corrected chi connectivity index (χ0v) is 13.7. The minimum absolute atomic E-state index is 0.219. The Bertz CT molecular complexity index is 540. The first kappa shape index (κ1) is 14.7. The van der Waals surface area contributed by atoms with Crippen molar-refractivity contribution in [3.05, 3.63) is 11.3 Å². The summed E-state index contributed by atoms with van der Waals surface area (Å²) in [6.45, 7) is 5.94. The Morgan fingerprint density at radius 2 is 2.14 bits per heavy atom. The predicted octanol–water partition coefficient (Wildman–Crippen LogP) is 2.61. The normalized spacial score (nSPS) is 44.5. The van der Waals surface area contributed by atoms with Crippen LogP contribution < -0.4 is 0 Å². The summed E-state index contributed by atoms with van der Waals surface area (Å²) in [7, 11) is 0. The average Bonchev–Trinajstić information content (AvgIpc) is 2.43. The largest absolute Gasteiger partial charge is 0.431 e. The van der Waals surface area contributed by atoms with Crippen LogP contribution in [0.4, 0.5) is 0 Å². The number of carbonyl (C=O) groups excluding carboxylic acids is 1. The van der Waals surface area contributed by atoms with Crippen LogP contribution in [0.25, 0.3) is 0 Å². The number of esters is 1. The molecule has 4 aliphatic rings. The Hall–Kier alpha value is -0.870. The fourth-order valence-corrected chi connectivity index (χ4v) is 6.10. The maximum atomic E-state index is 11.7. The third-order valence-corrected chi connectivity index (χ3v) is 6.64. The van der Waals surface area contributed by atoms with E-state index < -0.39 is 5.60 Å². The highest BCUT2D eigenvalue weighted by molar-refractivity contribution is 5.67. The van der Waals surface area contributed by atoms with Gasteiger partial charge in [0.25, 0.3) is 0 Å². The van der Waals surface area contributed by atoms with Gasteiger partial charge in [-0.2, -0.15) is 0 Å². The molecule has 4 heteroatoms. The lowest BCUT2D eigenvalue weighted by atomic mass is 9.49. The fourth-order valence-electron chi connectivity index (χ4n) is 6.10. The van der Waals surface area contributed by atoms with Gasteiger partial charge in [0.1, 0.15) is 5.76 Å². The van der Waals surface area contributed by atoms with Crippen molar-refractivity contribution in [2.45, 2.75) is 69.9 Å². The highest BCUT2D eigenvalue weighted by atomic mass is 16.5. The van der Waals surface area contributed by atoms with Gasteiger partial charge in [-0.25, -0.2) is 0 Å². The van der Waals surface area contributed by atoms with E-state index in [0.717, 1.165) is 63.8 Å². The summed E-state index contributed by atoms with van der Waals surface area (Å²) >= 11 is 0. The molecule has 0 aromatic carbocycles. The quantitative estimate of drug-likeness (QED) is 0.757. The van der Waals surface area contributed by atoms with Crippen LogP contribution in [-0.2, 0) is 9.53 Å². The van der Waals surface area contributed by atoms with Gasteiger partial charge in [-0.3, -0.25) is 9.69 Å². The number of hydrogen-bond donors (Lipinski definition) is 1. The van der Waals surface area contributed by atoms with E-state index in [1.54, 1.807) is 0 Å². The van der Waals surface area contributed by atoms with E-state index in [0.29, 0.717) is 5.92 Å². The zero-order chi connectivity index (χ0) is 15.5. The SMILES string of the molecule is CC(=O)OC1=C2CCCN3CCC[C@]4(O)[C@H](C1)C[C@H](C)C[C@@]234. The number of allylic oxidation sites excluding steroid dienone is 1. The number of nitrogens with zero attached hydrogens (tertiary/aromatic N) is 1. The van der Waals surface area contributed by atoms with Crippen LogP contribution in [-0.4, -0.2) is 40.2 Å². The first-order valence-corrected chi connectivity index (χ1v) is 8.86. The van der Waals surface area contributed by atoms with Crippen LogP contribution in [0.3, 0.4) is 0 Å². The van der Waals surface area contributed by atoms with E-state index in [9.17, 15) is 9.90 Å². The van der Waals surface area contributed by atoms with Crippen molar-refractivity contribution in [2.24, 2.45) is 11.8 Å². The molecule has 4 rings (SSSR count). The molecule has 2 saturated heterocycles. The van der Waals surface area contributed by atoms with Crippen LogP contribution in [0.2, 0.25) is 0 Å². The molecule has 22 heavy (non-hydrogen) atoms. The molecular weight excluding hydrogens is 278 g/mol. The maximum absolute atomic E-state index is 11.7. The zero-order valence-electron chi connectivity index (χ0n) is 13.7. The second kappa shape index (κ2) is 4.81. The van der Waals surface area contributed by atoms with Gasteiger partial charge in [0.05, 0.1) is 11.1 Å². The van der Waals surface area contributed by atoms with Crippen LogP contribution in [0, 0.1) is 11.8 Å². The summed E-state index contributed by atoms with van der Waals surface area (Å²) < 4.78 is 5.64. The van der Waals surface area contributed by atoms with Gasteiger partial charge >= 0.3 is 5.97 Å². The molecule has 3 fully saturated rings. The van der Waals surface area contributed by atoms with Gasteiger partial charge in [0.2, 0.25) is 0 Å². The van der Waals surface area contributed by atoms with Gasteiger partial charge in [0.15, 0.2) is 0 Å². The summed E-state index contributed by atoms with van der Waals surface area (Å²) in [5, 5.41) is 11.7. The number of hydrogen-bond acceptors (Lipinski definition) is 4. The summed E-state index contributed by atoms with van der Waals surface area (Å²) in [4.78, 5) is 14.1. The van der Waals surface area contributed by atoms with E-state index in [4.69, 9.17) is 4.74 Å². The number of piperidine rings is 2. The molecule has 2 heterocycles. The standard InChI is InChI=1S/C18H27NO3/c1-12-9-14-10-16(22-13(2)20)15-5-3-7-19-8-4-6-18(14,21)17(15,19)11-12/h12,14,21H,3-11H2,1-2H3/t12-,14-,17-,18-/m0/s1. The second-order valence-corrected chi connectivity index (χ2v) is 7.92. The Morgan fingerprint density at radius 3 is 2.91 bits per heavy atom. The number of aliphatic hydroxyl groups is 1. The number of rotatable bonds is 1. The number of carbonyl (C=O) groups is 1. The van der Waals surface area contributed by atoms with Crippen molar-refractivity contribution >= 4 is 5.97 Å². The van der Waals surface area contributed by atoms with Crippen LogP contribution in [0.5, 0.6) is 0 Å². The third kappa shape index (κ3) is 1.74. The minimum atomic E-state index is -0.614. The monoisotopic (exact) mass is 305 g/mol. The average molecular weight is 305 g/mol. The van der Waals surface area contributed by atoms with Gasteiger partial charge in [-0.05, 0) is 69.0 Å². The third-order valence-electron chi connectivity index (χ3n) is 6.64. The van der Waals surface area contributed by atoms with E-state index in [2.05, 4.69) is 11.8 Å². The second-order valence-electron chi connectivity index (χ2n) is 7.92. The Morgan fingerprint density at radius 1 is 1.36 bits per heavy atom.